The summed E-state index contributed by atoms with van der Waals surface area (Å²) in [5, 5.41) is 5.19. The Bertz CT molecular complexity index is 1090. The second-order valence-corrected chi connectivity index (χ2v) is 8.40. The topological polar surface area (TPSA) is 107 Å². The fourth-order valence-corrected chi connectivity index (χ4v) is 3.85. The number of ether oxygens (including phenoxy) is 3. The van der Waals surface area contributed by atoms with Gasteiger partial charge in [-0.2, -0.15) is 13.4 Å². The molecular weight excluding hydrogens is 396 g/mol. The molecule has 0 fully saturated rings. The summed E-state index contributed by atoms with van der Waals surface area (Å²) in [6.07, 6.45) is 0. The molecule has 0 aliphatic carbocycles. The third-order valence-corrected chi connectivity index (χ3v) is 6.10. The standard InChI is InChI=1S/C19H22N4O5S/c1-22(15-11-27-17-6-4-5-16(26-3)18(15)17)19-21-14-8-7-13(9-12(14)10-28-19)23(2)29(20,24)25/h4-9,15H,10-11H2,1-3H3,(H2,20,24,25). The van der Waals surface area contributed by atoms with Crippen LogP contribution in [0.3, 0.4) is 0 Å². The van der Waals surface area contributed by atoms with E-state index in [1.165, 1.54) is 7.05 Å². The zero-order chi connectivity index (χ0) is 20.8. The van der Waals surface area contributed by atoms with Crippen LogP contribution in [0, 0.1) is 0 Å². The molecule has 0 saturated carbocycles. The largest absolute Gasteiger partial charge is 0.496 e. The number of fused-ring (bicyclic) bond motifs is 2. The summed E-state index contributed by atoms with van der Waals surface area (Å²) in [6, 6.07) is 11.2. The highest BCUT2D eigenvalue weighted by Gasteiger charge is 2.34. The summed E-state index contributed by atoms with van der Waals surface area (Å²) in [7, 11) is 1.09. The summed E-state index contributed by atoms with van der Waals surface area (Å²) in [6.45, 7) is 0.719. The van der Waals surface area contributed by atoms with E-state index < -0.39 is 10.2 Å². The third-order valence-electron chi connectivity index (χ3n) is 5.13. The lowest BCUT2D eigenvalue weighted by Crippen LogP contribution is -2.35. The van der Waals surface area contributed by atoms with Crippen LogP contribution in [0.4, 0.5) is 11.4 Å². The predicted octanol–water partition coefficient (Wildman–Crippen LogP) is 1.92. The number of hydrogen-bond acceptors (Lipinski definition) is 7. The number of aliphatic imine (C=N–C) groups is 1. The van der Waals surface area contributed by atoms with E-state index >= 15 is 0 Å². The van der Waals surface area contributed by atoms with Crippen LogP contribution in [0.2, 0.25) is 0 Å². The van der Waals surface area contributed by atoms with E-state index in [9.17, 15) is 8.42 Å². The molecule has 0 amide bonds. The highest BCUT2D eigenvalue weighted by atomic mass is 32.2. The first kappa shape index (κ1) is 19.3. The highest BCUT2D eigenvalue weighted by Crippen LogP contribution is 2.42. The molecule has 9 nitrogen and oxygen atoms in total. The predicted molar refractivity (Wildman–Crippen MR) is 109 cm³/mol. The molecule has 4 rings (SSSR count). The second-order valence-electron chi connectivity index (χ2n) is 6.82. The van der Waals surface area contributed by atoms with Gasteiger partial charge in [0, 0.05) is 19.7 Å². The highest BCUT2D eigenvalue weighted by molar-refractivity contribution is 7.90. The summed E-state index contributed by atoms with van der Waals surface area (Å²) in [4.78, 5) is 6.52. The number of nitrogens with two attached hydrogens (primary N) is 1. The number of hydrogen-bond donors (Lipinski definition) is 1. The first-order valence-electron chi connectivity index (χ1n) is 8.93. The van der Waals surface area contributed by atoms with Gasteiger partial charge in [0.15, 0.2) is 0 Å². The lowest BCUT2D eigenvalue weighted by atomic mass is 10.1. The van der Waals surface area contributed by atoms with Gasteiger partial charge in [0.2, 0.25) is 0 Å². The van der Waals surface area contributed by atoms with Crippen molar-refractivity contribution in [1.29, 1.82) is 0 Å². The van der Waals surface area contributed by atoms with Crippen molar-refractivity contribution in [3.8, 4) is 11.5 Å². The SMILES string of the molecule is COc1cccc2c1C(N(C)C1=Nc3ccc(N(C)S(N)(=O)=O)cc3CO1)CO2. The third kappa shape index (κ3) is 3.45. The molecule has 0 aromatic heterocycles. The van der Waals surface area contributed by atoms with Crippen LogP contribution in [-0.2, 0) is 21.6 Å². The van der Waals surface area contributed by atoms with Crippen molar-refractivity contribution in [2.75, 3.05) is 32.1 Å². The van der Waals surface area contributed by atoms with Gasteiger partial charge in [0.05, 0.1) is 30.1 Å². The van der Waals surface area contributed by atoms with Crippen LogP contribution in [0.1, 0.15) is 17.2 Å². The van der Waals surface area contributed by atoms with E-state index in [0.717, 1.165) is 26.9 Å². The molecule has 1 atom stereocenters. The number of methoxy groups -OCH3 is 1. The van der Waals surface area contributed by atoms with Gasteiger partial charge >= 0.3 is 0 Å². The monoisotopic (exact) mass is 418 g/mol. The quantitative estimate of drug-likeness (QED) is 0.813. The molecule has 0 radical (unpaired) electrons. The maximum absolute atomic E-state index is 11.6. The summed E-state index contributed by atoms with van der Waals surface area (Å²) in [5.41, 5.74) is 2.89. The number of rotatable bonds is 4. The maximum atomic E-state index is 11.6. The Morgan fingerprint density at radius 2 is 2.00 bits per heavy atom. The Kier molecular flexibility index (Phi) is 4.75. The van der Waals surface area contributed by atoms with E-state index in [0.29, 0.717) is 24.0 Å². The summed E-state index contributed by atoms with van der Waals surface area (Å²) >= 11 is 0. The minimum absolute atomic E-state index is 0.103. The lowest BCUT2D eigenvalue weighted by Gasteiger charge is -2.29. The van der Waals surface area contributed by atoms with Gasteiger partial charge in [-0.15, -0.1) is 0 Å². The summed E-state index contributed by atoms with van der Waals surface area (Å²) < 4.78 is 41.3. The van der Waals surface area contributed by atoms with E-state index in [1.54, 1.807) is 25.3 Å². The molecule has 0 bridgehead atoms. The molecular formula is C19H22N4O5S. The van der Waals surface area contributed by atoms with Gasteiger partial charge in [-0.3, -0.25) is 4.31 Å². The lowest BCUT2D eigenvalue weighted by molar-refractivity contribution is 0.185. The molecule has 2 aliphatic heterocycles. The molecule has 0 spiro atoms. The zero-order valence-corrected chi connectivity index (χ0v) is 17.1. The van der Waals surface area contributed by atoms with Gasteiger partial charge < -0.3 is 19.1 Å². The van der Waals surface area contributed by atoms with Crippen molar-refractivity contribution >= 4 is 27.6 Å². The Hall–Kier alpha value is -2.98. The van der Waals surface area contributed by atoms with Gasteiger partial charge in [-0.05, 0) is 30.3 Å². The molecule has 2 aliphatic rings. The molecule has 2 aromatic rings. The van der Waals surface area contributed by atoms with E-state index in [1.807, 2.05) is 30.1 Å². The Labute approximate surface area is 169 Å². The van der Waals surface area contributed by atoms with Gasteiger partial charge in [0.25, 0.3) is 16.2 Å². The van der Waals surface area contributed by atoms with E-state index in [-0.39, 0.29) is 12.6 Å². The number of anilines is 1. The number of amidine groups is 1. The average molecular weight is 418 g/mol. The van der Waals surface area contributed by atoms with Crippen molar-refractivity contribution in [3.05, 3.63) is 47.5 Å². The fourth-order valence-electron chi connectivity index (χ4n) is 3.44. The van der Waals surface area contributed by atoms with E-state index in [2.05, 4.69) is 4.99 Å². The number of likely N-dealkylation sites (N-methyl/N-ethyl adjacent to an activating group) is 1. The molecule has 154 valence electrons. The second kappa shape index (κ2) is 7.12. The van der Waals surface area contributed by atoms with Crippen LogP contribution in [0.5, 0.6) is 11.5 Å². The Morgan fingerprint density at radius 3 is 2.72 bits per heavy atom. The Morgan fingerprint density at radius 1 is 1.21 bits per heavy atom. The van der Waals surface area contributed by atoms with E-state index in [4.69, 9.17) is 19.3 Å². The van der Waals surface area contributed by atoms with Gasteiger partial charge in [-0.1, -0.05) is 6.07 Å². The van der Waals surface area contributed by atoms with Crippen molar-refractivity contribution < 1.29 is 22.6 Å². The zero-order valence-electron chi connectivity index (χ0n) is 16.3. The minimum atomic E-state index is -3.83. The van der Waals surface area contributed by atoms with Crippen LogP contribution in [0.15, 0.2) is 41.4 Å². The van der Waals surface area contributed by atoms with Crippen molar-refractivity contribution in [1.82, 2.24) is 4.90 Å². The molecule has 2 aromatic carbocycles. The number of benzene rings is 2. The summed E-state index contributed by atoms with van der Waals surface area (Å²) in [5.74, 6) is 1.54. The van der Waals surface area contributed by atoms with Crippen molar-refractivity contribution in [2.45, 2.75) is 12.6 Å². The first-order chi connectivity index (χ1) is 13.8. The smallest absolute Gasteiger partial charge is 0.298 e. The fraction of sp³-hybridized carbons (Fsp3) is 0.316. The normalized spacial score (nSPS) is 17.4. The molecule has 1 unspecified atom stereocenters. The average Bonchev–Trinajstić information content (AvgIpc) is 3.15. The minimum Gasteiger partial charge on any atom is -0.496 e. The molecule has 29 heavy (non-hydrogen) atoms. The number of nitrogens with zero attached hydrogens (tertiary/aromatic N) is 3. The molecule has 2 heterocycles. The Balaban J connectivity index is 1.62. The van der Waals surface area contributed by atoms with Crippen LogP contribution >= 0.6 is 0 Å². The molecule has 0 saturated heterocycles. The van der Waals surface area contributed by atoms with Crippen molar-refractivity contribution in [3.63, 3.8) is 0 Å². The van der Waals surface area contributed by atoms with Crippen LogP contribution in [-0.4, -0.2) is 47.2 Å². The van der Waals surface area contributed by atoms with Crippen molar-refractivity contribution in [2.24, 2.45) is 10.1 Å². The van der Waals surface area contributed by atoms with Crippen LogP contribution in [0.25, 0.3) is 0 Å². The molecule has 2 N–H and O–H groups in total. The van der Waals surface area contributed by atoms with Crippen LogP contribution < -0.4 is 18.9 Å². The van der Waals surface area contributed by atoms with Gasteiger partial charge in [-0.25, -0.2) is 5.14 Å². The van der Waals surface area contributed by atoms with Gasteiger partial charge in [0.1, 0.15) is 24.7 Å². The first-order valence-corrected chi connectivity index (χ1v) is 10.4. The maximum Gasteiger partial charge on any atom is 0.298 e. The molecule has 10 heteroatoms.